The summed E-state index contributed by atoms with van der Waals surface area (Å²) in [6.45, 7) is 2.18. The Morgan fingerprint density at radius 2 is 1.80 bits per heavy atom. The molecule has 0 N–H and O–H groups in total. The van der Waals surface area contributed by atoms with Crippen molar-refractivity contribution in [1.29, 1.82) is 0 Å². The van der Waals surface area contributed by atoms with E-state index in [2.05, 4.69) is 49.4 Å². The Morgan fingerprint density at radius 1 is 1.00 bits per heavy atom. The molecule has 0 radical (unpaired) electrons. The van der Waals surface area contributed by atoms with Gasteiger partial charge in [0, 0.05) is 6.21 Å². The van der Waals surface area contributed by atoms with E-state index in [0.717, 1.165) is 12.1 Å². The van der Waals surface area contributed by atoms with Crippen molar-refractivity contribution in [2.45, 2.75) is 39.0 Å². The minimum atomic E-state index is 1.09. The summed E-state index contributed by atoms with van der Waals surface area (Å²) >= 11 is 0. The van der Waals surface area contributed by atoms with Crippen LogP contribution in [0.3, 0.4) is 0 Å². The largest absolute Gasteiger partial charge is 0.256 e. The lowest BCUT2D eigenvalue weighted by atomic mass is 9.90. The lowest BCUT2D eigenvalue weighted by Crippen LogP contribution is -2.02. The molecule has 0 fully saturated rings. The summed E-state index contributed by atoms with van der Waals surface area (Å²) in [6, 6.07) is 15.2. The zero-order valence-corrected chi connectivity index (χ0v) is 12.1. The molecule has 1 aliphatic rings. The number of hydrogen-bond donors (Lipinski definition) is 0. The molecular formula is C19H21N. The second-order valence-electron chi connectivity index (χ2n) is 5.48. The van der Waals surface area contributed by atoms with Gasteiger partial charge in [0.2, 0.25) is 0 Å². The summed E-state index contributed by atoms with van der Waals surface area (Å²) in [5.74, 6) is 0. The van der Waals surface area contributed by atoms with Crippen LogP contribution in [-0.2, 0) is 19.3 Å². The van der Waals surface area contributed by atoms with Gasteiger partial charge < -0.3 is 0 Å². The molecule has 0 saturated heterocycles. The van der Waals surface area contributed by atoms with Crippen molar-refractivity contribution in [3.05, 3.63) is 64.7 Å². The molecule has 20 heavy (non-hydrogen) atoms. The molecule has 2 aromatic carbocycles. The molecule has 0 amide bonds. The zero-order chi connectivity index (χ0) is 13.8. The topological polar surface area (TPSA) is 12.4 Å². The number of fused-ring (bicyclic) bond motifs is 1. The predicted octanol–water partition coefficient (Wildman–Crippen LogP) is 4.88. The van der Waals surface area contributed by atoms with Gasteiger partial charge in [0.05, 0.1) is 5.69 Å². The highest BCUT2D eigenvalue weighted by molar-refractivity contribution is 5.82. The summed E-state index contributed by atoms with van der Waals surface area (Å²) in [6.07, 6.45) is 8.08. The quantitative estimate of drug-likeness (QED) is 0.700. The van der Waals surface area contributed by atoms with E-state index in [-0.39, 0.29) is 0 Å². The number of rotatable bonds is 3. The monoisotopic (exact) mass is 263 g/mol. The highest BCUT2D eigenvalue weighted by Gasteiger charge is 2.11. The van der Waals surface area contributed by atoms with Crippen LogP contribution in [0.25, 0.3) is 0 Å². The van der Waals surface area contributed by atoms with Gasteiger partial charge in [0.1, 0.15) is 0 Å². The SMILES string of the molecule is CCc1ccc(C=Nc2cccc3c2CCCC3)cc1. The molecule has 0 saturated carbocycles. The first kappa shape index (κ1) is 13.1. The lowest BCUT2D eigenvalue weighted by Gasteiger charge is -2.17. The van der Waals surface area contributed by atoms with E-state index in [0.29, 0.717) is 0 Å². The molecule has 3 rings (SSSR count). The van der Waals surface area contributed by atoms with Crippen LogP contribution < -0.4 is 0 Å². The van der Waals surface area contributed by atoms with Crippen LogP contribution in [0.1, 0.15) is 42.0 Å². The fraction of sp³-hybridized carbons (Fsp3) is 0.316. The summed E-state index contributed by atoms with van der Waals surface area (Å²) in [7, 11) is 0. The molecule has 0 atom stereocenters. The van der Waals surface area contributed by atoms with Gasteiger partial charge in [-0.1, -0.05) is 43.3 Å². The van der Waals surface area contributed by atoms with Crippen molar-refractivity contribution in [2.24, 2.45) is 4.99 Å². The maximum Gasteiger partial charge on any atom is 0.0664 e. The fourth-order valence-corrected chi connectivity index (χ4v) is 2.87. The Hall–Kier alpha value is -1.89. The normalized spacial score (nSPS) is 14.4. The van der Waals surface area contributed by atoms with Crippen molar-refractivity contribution in [3.8, 4) is 0 Å². The van der Waals surface area contributed by atoms with E-state index in [1.165, 1.54) is 47.9 Å². The van der Waals surface area contributed by atoms with Gasteiger partial charge in [-0.2, -0.15) is 0 Å². The molecule has 1 nitrogen and oxygen atoms in total. The highest BCUT2D eigenvalue weighted by Crippen LogP contribution is 2.29. The second kappa shape index (κ2) is 6.04. The van der Waals surface area contributed by atoms with Crippen molar-refractivity contribution < 1.29 is 0 Å². The standard InChI is InChI=1S/C19H21N/c1-2-15-10-12-16(13-11-15)14-20-19-9-5-7-17-6-3-4-8-18(17)19/h5,7,9-14H,2-4,6,8H2,1H3. The van der Waals surface area contributed by atoms with Crippen LogP contribution in [0.2, 0.25) is 0 Å². The van der Waals surface area contributed by atoms with E-state index >= 15 is 0 Å². The van der Waals surface area contributed by atoms with Crippen LogP contribution in [0.5, 0.6) is 0 Å². The maximum absolute atomic E-state index is 4.72. The Kier molecular flexibility index (Phi) is 3.96. The van der Waals surface area contributed by atoms with Gasteiger partial charge in [0.15, 0.2) is 0 Å². The third-order valence-electron chi connectivity index (χ3n) is 4.11. The molecule has 0 aromatic heterocycles. The number of benzene rings is 2. The average molecular weight is 263 g/mol. The van der Waals surface area contributed by atoms with Crippen LogP contribution in [-0.4, -0.2) is 6.21 Å². The van der Waals surface area contributed by atoms with E-state index in [1.807, 2.05) is 6.21 Å². The van der Waals surface area contributed by atoms with Gasteiger partial charge in [-0.15, -0.1) is 0 Å². The van der Waals surface area contributed by atoms with E-state index in [4.69, 9.17) is 4.99 Å². The summed E-state index contributed by atoms with van der Waals surface area (Å²) in [4.78, 5) is 4.72. The molecule has 102 valence electrons. The maximum atomic E-state index is 4.72. The van der Waals surface area contributed by atoms with Crippen molar-refractivity contribution >= 4 is 11.9 Å². The molecule has 1 aliphatic carbocycles. The van der Waals surface area contributed by atoms with E-state index in [1.54, 1.807) is 0 Å². The third kappa shape index (κ3) is 2.82. The summed E-state index contributed by atoms with van der Waals surface area (Å²) < 4.78 is 0. The lowest BCUT2D eigenvalue weighted by molar-refractivity contribution is 0.686. The average Bonchev–Trinajstić information content (AvgIpc) is 2.53. The molecular weight excluding hydrogens is 242 g/mol. The van der Waals surface area contributed by atoms with Crippen molar-refractivity contribution in [1.82, 2.24) is 0 Å². The van der Waals surface area contributed by atoms with Gasteiger partial charge in [0.25, 0.3) is 0 Å². The Labute approximate surface area is 121 Å². The molecule has 2 aromatic rings. The summed E-state index contributed by atoms with van der Waals surface area (Å²) in [5.41, 5.74) is 6.66. The van der Waals surface area contributed by atoms with Crippen LogP contribution in [0.4, 0.5) is 5.69 Å². The molecule has 0 bridgehead atoms. The fourth-order valence-electron chi connectivity index (χ4n) is 2.87. The zero-order valence-electron chi connectivity index (χ0n) is 12.1. The number of nitrogens with zero attached hydrogens (tertiary/aromatic N) is 1. The summed E-state index contributed by atoms with van der Waals surface area (Å²) in [5, 5.41) is 0. The first-order chi connectivity index (χ1) is 9.86. The minimum Gasteiger partial charge on any atom is -0.256 e. The third-order valence-corrected chi connectivity index (χ3v) is 4.11. The van der Waals surface area contributed by atoms with E-state index in [9.17, 15) is 0 Å². The van der Waals surface area contributed by atoms with E-state index < -0.39 is 0 Å². The Morgan fingerprint density at radius 3 is 2.60 bits per heavy atom. The minimum absolute atomic E-state index is 1.09. The number of hydrogen-bond acceptors (Lipinski definition) is 1. The number of aryl methyl sites for hydroxylation is 2. The van der Waals surface area contributed by atoms with Crippen molar-refractivity contribution in [2.75, 3.05) is 0 Å². The Bertz CT molecular complexity index is 608. The number of aliphatic imine (C=N–C) groups is 1. The highest BCUT2D eigenvalue weighted by atomic mass is 14.7. The Balaban J connectivity index is 1.84. The van der Waals surface area contributed by atoms with Crippen molar-refractivity contribution in [3.63, 3.8) is 0 Å². The van der Waals surface area contributed by atoms with Gasteiger partial charge in [-0.05, 0) is 60.4 Å². The molecule has 0 spiro atoms. The first-order valence-electron chi connectivity index (χ1n) is 7.60. The smallest absolute Gasteiger partial charge is 0.0664 e. The second-order valence-corrected chi connectivity index (χ2v) is 5.48. The van der Waals surface area contributed by atoms with Gasteiger partial charge in [-0.3, -0.25) is 4.99 Å². The molecule has 0 aliphatic heterocycles. The van der Waals surface area contributed by atoms with Crippen LogP contribution in [0.15, 0.2) is 47.5 Å². The van der Waals surface area contributed by atoms with Gasteiger partial charge in [-0.25, -0.2) is 0 Å². The molecule has 0 unspecified atom stereocenters. The van der Waals surface area contributed by atoms with Crippen LogP contribution in [0, 0.1) is 0 Å². The van der Waals surface area contributed by atoms with Crippen LogP contribution >= 0.6 is 0 Å². The van der Waals surface area contributed by atoms with Gasteiger partial charge >= 0.3 is 0 Å². The predicted molar refractivity (Wildman–Crippen MR) is 86.2 cm³/mol. The first-order valence-corrected chi connectivity index (χ1v) is 7.60. The molecule has 0 heterocycles. The molecule has 1 heteroatoms.